The highest BCUT2D eigenvalue weighted by Crippen LogP contribution is 2.28. The van der Waals surface area contributed by atoms with Crippen LogP contribution in [0.5, 0.6) is 0 Å². The lowest BCUT2D eigenvalue weighted by atomic mass is 9.98. The van der Waals surface area contributed by atoms with Gasteiger partial charge in [0.1, 0.15) is 0 Å². The summed E-state index contributed by atoms with van der Waals surface area (Å²) < 4.78 is 0. The minimum Gasteiger partial charge on any atom is -0.300 e. The quantitative estimate of drug-likeness (QED) is 0.646. The minimum atomic E-state index is 0.803. The van der Waals surface area contributed by atoms with Gasteiger partial charge >= 0.3 is 0 Å². The van der Waals surface area contributed by atoms with Gasteiger partial charge in [-0.2, -0.15) is 0 Å². The fourth-order valence-electron chi connectivity index (χ4n) is 3.24. The average molecular weight is 340 g/mol. The largest absolute Gasteiger partial charge is 0.300 e. The zero-order valence-electron chi connectivity index (χ0n) is 14.6. The van der Waals surface area contributed by atoms with Gasteiger partial charge in [0.15, 0.2) is 0 Å². The van der Waals surface area contributed by atoms with Crippen LogP contribution in [0, 0.1) is 5.92 Å². The highest BCUT2D eigenvalue weighted by Gasteiger charge is 2.14. The molecule has 0 aromatic heterocycles. The fraction of sp³-hybridized carbons (Fsp3) is 0.364. The molecule has 1 aliphatic rings. The van der Waals surface area contributed by atoms with E-state index < -0.39 is 0 Å². The summed E-state index contributed by atoms with van der Waals surface area (Å²) in [5, 5.41) is 0.803. The van der Waals surface area contributed by atoms with Crippen molar-refractivity contribution in [3.63, 3.8) is 0 Å². The first-order valence-corrected chi connectivity index (χ1v) is 9.26. The van der Waals surface area contributed by atoms with E-state index in [0.717, 1.165) is 23.0 Å². The van der Waals surface area contributed by atoms with Gasteiger partial charge in [-0.15, -0.1) is 0 Å². The van der Waals surface area contributed by atoms with Crippen LogP contribution in [0.25, 0.3) is 16.7 Å². The van der Waals surface area contributed by atoms with E-state index in [1.807, 2.05) is 18.2 Å². The standard InChI is InChI=1S/C22H26ClN/c1-17-11-14-24(15-12-17)16-13-18(2)19-7-9-20(10-8-19)21-5-3-4-6-22(21)23/h3-10,13,17H,11-12,14-16H2,1-2H3/b18-13-. The molecule has 1 fully saturated rings. The van der Waals surface area contributed by atoms with E-state index in [2.05, 4.69) is 55.2 Å². The van der Waals surface area contributed by atoms with Gasteiger partial charge in [-0.1, -0.05) is 67.1 Å². The van der Waals surface area contributed by atoms with E-state index in [4.69, 9.17) is 11.6 Å². The Morgan fingerprint density at radius 3 is 2.42 bits per heavy atom. The summed E-state index contributed by atoms with van der Waals surface area (Å²) in [5.74, 6) is 0.892. The summed E-state index contributed by atoms with van der Waals surface area (Å²) in [7, 11) is 0. The summed E-state index contributed by atoms with van der Waals surface area (Å²) in [6.45, 7) is 8.09. The lowest BCUT2D eigenvalue weighted by molar-refractivity contribution is 0.210. The Hall–Kier alpha value is -1.57. The van der Waals surface area contributed by atoms with E-state index in [0.29, 0.717) is 0 Å². The maximum Gasteiger partial charge on any atom is 0.0484 e. The molecule has 0 aliphatic carbocycles. The van der Waals surface area contributed by atoms with Crippen molar-refractivity contribution in [2.45, 2.75) is 26.7 Å². The lowest BCUT2D eigenvalue weighted by Gasteiger charge is -2.29. The molecular formula is C22H26ClN. The first-order valence-electron chi connectivity index (χ1n) is 8.88. The number of benzene rings is 2. The SMILES string of the molecule is C/C(=C/CN1CCC(C)CC1)c1ccc(-c2ccccc2Cl)cc1. The Bertz CT molecular complexity index is 694. The van der Waals surface area contributed by atoms with Crippen molar-refractivity contribution < 1.29 is 0 Å². The third-order valence-corrected chi connectivity index (χ3v) is 5.39. The van der Waals surface area contributed by atoms with E-state index in [-0.39, 0.29) is 0 Å². The summed E-state index contributed by atoms with van der Waals surface area (Å²) in [5.41, 5.74) is 4.90. The zero-order valence-corrected chi connectivity index (χ0v) is 15.4. The van der Waals surface area contributed by atoms with E-state index in [9.17, 15) is 0 Å². The van der Waals surface area contributed by atoms with E-state index in [1.54, 1.807) is 0 Å². The Balaban J connectivity index is 1.66. The number of allylic oxidation sites excluding steroid dienone is 1. The molecule has 24 heavy (non-hydrogen) atoms. The van der Waals surface area contributed by atoms with Crippen LogP contribution in [-0.2, 0) is 0 Å². The Kier molecular flexibility index (Phi) is 5.76. The normalized spacial score (nSPS) is 17.2. The molecule has 0 N–H and O–H groups in total. The second-order valence-electron chi connectivity index (χ2n) is 6.93. The summed E-state index contributed by atoms with van der Waals surface area (Å²) in [4.78, 5) is 2.56. The van der Waals surface area contributed by atoms with Crippen molar-refractivity contribution in [1.82, 2.24) is 4.90 Å². The predicted molar refractivity (Wildman–Crippen MR) is 105 cm³/mol. The first-order chi connectivity index (χ1) is 11.6. The van der Waals surface area contributed by atoms with Crippen LogP contribution < -0.4 is 0 Å². The van der Waals surface area contributed by atoms with Crippen molar-refractivity contribution in [3.05, 3.63) is 65.2 Å². The number of rotatable bonds is 4. The van der Waals surface area contributed by atoms with Gasteiger partial charge in [-0.05, 0) is 61.5 Å². The number of likely N-dealkylation sites (tertiary alicyclic amines) is 1. The molecular weight excluding hydrogens is 314 g/mol. The number of halogens is 1. The molecule has 2 aromatic carbocycles. The Labute approximate surface area is 151 Å². The molecule has 2 heteroatoms. The van der Waals surface area contributed by atoms with Crippen LogP contribution in [0.1, 0.15) is 32.3 Å². The predicted octanol–water partition coefficient (Wildman–Crippen LogP) is 6.14. The lowest BCUT2D eigenvalue weighted by Crippen LogP contribution is -2.32. The number of piperidine rings is 1. The van der Waals surface area contributed by atoms with Crippen LogP contribution in [0.3, 0.4) is 0 Å². The maximum atomic E-state index is 6.29. The molecule has 2 aromatic rings. The molecule has 3 rings (SSSR count). The fourth-order valence-corrected chi connectivity index (χ4v) is 3.48. The van der Waals surface area contributed by atoms with Crippen molar-refractivity contribution in [1.29, 1.82) is 0 Å². The topological polar surface area (TPSA) is 3.24 Å². The minimum absolute atomic E-state index is 0.803. The molecule has 1 aliphatic heterocycles. The highest BCUT2D eigenvalue weighted by atomic mass is 35.5. The van der Waals surface area contributed by atoms with Crippen LogP contribution in [-0.4, -0.2) is 24.5 Å². The molecule has 0 bridgehead atoms. The first kappa shape index (κ1) is 17.3. The zero-order chi connectivity index (χ0) is 16.9. The maximum absolute atomic E-state index is 6.29. The van der Waals surface area contributed by atoms with Gasteiger partial charge < -0.3 is 0 Å². The van der Waals surface area contributed by atoms with Crippen molar-refractivity contribution in [3.8, 4) is 11.1 Å². The van der Waals surface area contributed by atoms with Gasteiger partial charge in [-0.3, -0.25) is 4.90 Å². The summed E-state index contributed by atoms with van der Waals surface area (Å²) in [6.07, 6.45) is 5.03. The Morgan fingerprint density at radius 1 is 1.08 bits per heavy atom. The Morgan fingerprint density at radius 2 is 1.75 bits per heavy atom. The molecule has 126 valence electrons. The number of hydrogen-bond acceptors (Lipinski definition) is 1. The van der Waals surface area contributed by atoms with Gasteiger partial charge in [0.2, 0.25) is 0 Å². The van der Waals surface area contributed by atoms with E-state index >= 15 is 0 Å². The third-order valence-electron chi connectivity index (χ3n) is 5.06. The third kappa shape index (κ3) is 4.28. The molecule has 0 radical (unpaired) electrons. The van der Waals surface area contributed by atoms with Crippen LogP contribution in [0.2, 0.25) is 5.02 Å². The van der Waals surface area contributed by atoms with Gasteiger partial charge in [0.25, 0.3) is 0 Å². The van der Waals surface area contributed by atoms with Crippen LogP contribution in [0.4, 0.5) is 0 Å². The van der Waals surface area contributed by atoms with Crippen molar-refractivity contribution in [2.24, 2.45) is 5.92 Å². The summed E-state index contributed by atoms with van der Waals surface area (Å²) >= 11 is 6.29. The molecule has 1 nitrogen and oxygen atoms in total. The molecule has 0 spiro atoms. The van der Waals surface area contributed by atoms with Gasteiger partial charge in [0.05, 0.1) is 0 Å². The second-order valence-corrected chi connectivity index (χ2v) is 7.33. The molecule has 0 atom stereocenters. The number of hydrogen-bond donors (Lipinski definition) is 0. The summed E-state index contributed by atoms with van der Waals surface area (Å²) in [6, 6.07) is 16.7. The highest BCUT2D eigenvalue weighted by molar-refractivity contribution is 6.33. The molecule has 1 saturated heterocycles. The van der Waals surface area contributed by atoms with Crippen LogP contribution in [0.15, 0.2) is 54.6 Å². The molecule has 0 saturated carbocycles. The molecule has 0 unspecified atom stereocenters. The van der Waals surface area contributed by atoms with E-state index in [1.165, 1.54) is 42.6 Å². The van der Waals surface area contributed by atoms with Gasteiger partial charge in [0, 0.05) is 17.1 Å². The monoisotopic (exact) mass is 339 g/mol. The average Bonchev–Trinajstić information content (AvgIpc) is 2.61. The van der Waals surface area contributed by atoms with Crippen molar-refractivity contribution >= 4 is 17.2 Å². The van der Waals surface area contributed by atoms with Crippen molar-refractivity contribution in [2.75, 3.05) is 19.6 Å². The molecule has 1 heterocycles. The second kappa shape index (κ2) is 8.00. The molecule has 0 amide bonds. The smallest absolute Gasteiger partial charge is 0.0484 e. The van der Waals surface area contributed by atoms with Gasteiger partial charge in [-0.25, -0.2) is 0 Å². The number of nitrogens with zero attached hydrogens (tertiary/aromatic N) is 1. The van der Waals surface area contributed by atoms with Crippen LogP contribution >= 0.6 is 11.6 Å².